The zero-order valence-electron chi connectivity index (χ0n) is 11.9. The van der Waals surface area contributed by atoms with Gasteiger partial charge in [-0.3, -0.25) is 9.78 Å². The fourth-order valence-corrected chi connectivity index (χ4v) is 1.79. The van der Waals surface area contributed by atoms with Crippen molar-refractivity contribution in [3.8, 4) is 0 Å². The van der Waals surface area contributed by atoms with Crippen molar-refractivity contribution in [1.29, 1.82) is 0 Å². The predicted octanol–water partition coefficient (Wildman–Crippen LogP) is 2.20. The fraction of sp³-hybridized carbons (Fsp3) is 0.500. The number of carbonyl (C=O) groups excluding carboxylic acids is 1. The van der Waals surface area contributed by atoms with Crippen molar-refractivity contribution in [2.75, 3.05) is 0 Å². The van der Waals surface area contributed by atoms with Gasteiger partial charge in [-0.2, -0.15) is 0 Å². The first kappa shape index (κ1) is 15.9. The number of hydrogen-bond donors (Lipinski definition) is 2. The number of aromatic amines is 1. The minimum Gasteiger partial charge on any atom is -0.406 e. The van der Waals surface area contributed by atoms with E-state index in [1.54, 1.807) is 18.3 Å². The molecule has 2 aromatic rings. The highest BCUT2D eigenvalue weighted by Gasteiger charge is 2.10. The lowest BCUT2D eigenvalue weighted by molar-refractivity contribution is -0.122. The quantitative estimate of drug-likeness (QED) is 0.875. The van der Waals surface area contributed by atoms with Gasteiger partial charge in [-0.05, 0) is 25.0 Å². The second-order valence-corrected chi connectivity index (χ2v) is 4.51. The molecule has 6 nitrogen and oxygen atoms in total. The molecule has 110 valence electrons. The first-order chi connectivity index (χ1) is 9.58. The van der Waals surface area contributed by atoms with Crippen LogP contribution in [0.1, 0.15) is 39.5 Å². The Kier molecular flexibility index (Phi) is 6.49. The summed E-state index contributed by atoms with van der Waals surface area (Å²) in [5, 5.41) is 0. The van der Waals surface area contributed by atoms with Crippen LogP contribution in [0.3, 0.4) is 0 Å². The number of amides is 1. The van der Waals surface area contributed by atoms with E-state index >= 15 is 0 Å². The fourth-order valence-electron chi connectivity index (χ4n) is 1.79. The molecule has 3 N–H and O–H groups in total. The van der Waals surface area contributed by atoms with Gasteiger partial charge in [0, 0.05) is 12.1 Å². The third-order valence-electron chi connectivity index (χ3n) is 3.00. The Hall–Kier alpha value is -2.11. The topological polar surface area (TPSA) is 102 Å². The van der Waals surface area contributed by atoms with Crippen LogP contribution >= 0.6 is 0 Å². The number of pyridine rings is 1. The first-order valence-electron chi connectivity index (χ1n) is 6.81. The maximum atomic E-state index is 10.7. The van der Waals surface area contributed by atoms with E-state index in [-0.39, 0.29) is 11.8 Å². The van der Waals surface area contributed by atoms with Crippen LogP contribution in [-0.4, -0.2) is 15.9 Å². The van der Waals surface area contributed by atoms with Crippen LogP contribution in [0.4, 0.5) is 0 Å². The third-order valence-corrected chi connectivity index (χ3v) is 3.00. The second-order valence-electron chi connectivity index (χ2n) is 4.51. The summed E-state index contributed by atoms with van der Waals surface area (Å²) in [4.78, 5) is 27.5. The molecule has 0 aromatic carbocycles. The van der Waals surface area contributed by atoms with Gasteiger partial charge in [0.25, 0.3) is 0 Å². The lowest BCUT2D eigenvalue weighted by Crippen LogP contribution is -2.22. The molecule has 2 heterocycles. The van der Waals surface area contributed by atoms with Crippen molar-refractivity contribution < 1.29 is 9.21 Å². The van der Waals surface area contributed by atoms with Crippen molar-refractivity contribution in [3.05, 3.63) is 28.9 Å². The number of aromatic nitrogens is 2. The minimum absolute atomic E-state index is 0.111. The number of H-pyrrole nitrogens is 1. The molecular formula is C14H21N3O3. The summed E-state index contributed by atoms with van der Waals surface area (Å²) in [6.45, 7) is 4.12. The number of fused-ring (bicyclic) bond motifs is 1. The maximum absolute atomic E-state index is 10.7. The molecule has 0 bridgehead atoms. The van der Waals surface area contributed by atoms with E-state index in [1.807, 2.05) is 6.92 Å². The summed E-state index contributed by atoms with van der Waals surface area (Å²) in [5.41, 5.74) is 6.14. The Labute approximate surface area is 117 Å². The lowest BCUT2D eigenvalue weighted by Gasteiger charge is -2.08. The number of nitrogens with two attached hydrogens (primary N) is 1. The number of hydrogen-bond acceptors (Lipinski definition) is 4. The summed E-state index contributed by atoms with van der Waals surface area (Å²) >= 11 is 0. The van der Waals surface area contributed by atoms with Crippen molar-refractivity contribution in [2.24, 2.45) is 11.7 Å². The zero-order chi connectivity index (χ0) is 15.0. The number of unbranched alkanes of at least 4 members (excludes halogenated alkanes) is 1. The number of carbonyl (C=O) groups is 1. The molecular weight excluding hydrogens is 258 g/mol. The molecule has 1 atom stereocenters. The van der Waals surface area contributed by atoms with Gasteiger partial charge in [0.15, 0.2) is 11.2 Å². The Morgan fingerprint density at radius 3 is 2.80 bits per heavy atom. The highest BCUT2D eigenvalue weighted by Crippen LogP contribution is 2.10. The summed E-state index contributed by atoms with van der Waals surface area (Å²) in [6.07, 6.45) is 5.69. The molecule has 0 aliphatic heterocycles. The van der Waals surface area contributed by atoms with E-state index in [0.29, 0.717) is 11.2 Å². The monoisotopic (exact) mass is 279 g/mol. The molecule has 1 amide bonds. The van der Waals surface area contributed by atoms with Gasteiger partial charge in [0.1, 0.15) is 0 Å². The Morgan fingerprint density at radius 1 is 1.50 bits per heavy atom. The smallest absolute Gasteiger partial charge is 0.406 e. The van der Waals surface area contributed by atoms with Gasteiger partial charge in [-0.15, -0.1) is 0 Å². The largest absolute Gasteiger partial charge is 0.418 e. The van der Waals surface area contributed by atoms with Gasteiger partial charge in [-0.1, -0.05) is 26.7 Å². The van der Waals surface area contributed by atoms with Crippen LogP contribution in [0.2, 0.25) is 0 Å². The van der Waals surface area contributed by atoms with Crippen LogP contribution in [0.5, 0.6) is 0 Å². The number of primary amides is 1. The molecule has 0 fully saturated rings. The lowest BCUT2D eigenvalue weighted by atomic mass is 9.99. The normalized spacial score (nSPS) is 11.7. The van der Waals surface area contributed by atoms with E-state index < -0.39 is 5.76 Å². The highest BCUT2D eigenvalue weighted by atomic mass is 16.4. The molecule has 0 saturated heterocycles. The summed E-state index contributed by atoms with van der Waals surface area (Å²) in [6, 6.07) is 3.39. The molecule has 0 spiro atoms. The van der Waals surface area contributed by atoms with Gasteiger partial charge in [0.05, 0.1) is 0 Å². The van der Waals surface area contributed by atoms with E-state index in [9.17, 15) is 9.59 Å². The van der Waals surface area contributed by atoms with Gasteiger partial charge in [-0.25, -0.2) is 9.78 Å². The van der Waals surface area contributed by atoms with E-state index in [4.69, 9.17) is 10.2 Å². The Balaban J connectivity index is 0.000000200. The van der Waals surface area contributed by atoms with Crippen LogP contribution in [0.15, 0.2) is 27.5 Å². The molecule has 2 rings (SSSR count). The molecule has 0 aliphatic carbocycles. The number of oxazole rings is 1. The first-order valence-corrected chi connectivity index (χ1v) is 6.81. The summed E-state index contributed by atoms with van der Waals surface area (Å²) in [7, 11) is 0. The molecule has 20 heavy (non-hydrogen) atoms. The number of rotatable bonds is 5. The predicted molar refractivity (Wildman–Crippen MR) is 77.1 cm³/mol. The van der Waals surface area contributed by atoms with Crippen molar-refractivity contribution in [1.82, 2.24) is 9.97 Å². The SMILES string of the molecule is CCCCC(CC)C(N)=O.O=c1[nH]c2ncccc2o1. The average molecular weight is 279 g/mol. The Bertz CT molecular complexity index is 552. The standard InChI is InChI=1S/C8H17NO.C6H4N2O2/c1-3-5-6-7(4-2)8(9)10;9-6-8-5-4(10-6)2-1-3-7-5/h7H,3-6H2,1-2H3,(H2,9,10);1-3H,(H,7,8,9). The Morgan fingerprint density at radius 2 is 2.25 bits per heavy atom. The molecule has 6 heteroatoms. The number of nitrogens with zero attached hydrogens (tertiary/aromatic N) is 1. The molecule has 1 unspecified atom stereocenters. The minimum atomic E-state index is -0.464. The second kappa shape index (κ2) is 8.14. The molecule has 0 saturated carbocycles. The van der Waals surface area contributed by atoms with Crippen LogP contribution in [-0.2, 0) is 4.79 Å². The zero-order valence-corrected chi connectivity index (χ0v) is 11.9. The van der Waals surface area contributed by atoms with Crippen LogP contribution < -0.4 is 11.5 Å². The van der Waals surface area contributed by atoms with Crippen LogP contribution in [0, 0.1) is 5.92 Å². The van der Waals surface area contributed by atoms with E-state index in [1.165, 1.54) is 0 Å². The molecule has 0 aliphatic rings. The number of nitrogens with one attached hydrogen (secondary N) is 1. The van der Waals surface area contributed by atoms with Gasteiger partial charge in [0.2, 0.25) is 5.91 Å². The van der Waals surface area contributed by atoms with Crippen molar-refractivity contribution in [2.45, 2.75) is 39.5 Å². The summed E-state index contributed by atoms with van der Waals surface area (Å²) < 4.78 is 4.69. The third kappa shape index (κ3) is 4.87. The van der Waals surface area contributed by atoms with Crippen molar-refractivity contribution >= 4 is 17.1 Å². The van der Waals surface area contributed by atoms with E-state index in [2.05, 4.69) is 16.9 Å². The highest BCUT2D eigenvalue weighted by molar-refractivity contribution is 5.76. The van der Waals surface area contributed by atoms with E-state index in [0.717, 1.165) is 25.7 Å². The van der Waals surface area contributed by atoms with Crippen LogP contribution in [0.25, 0.3) is 11.2 Å². The van der Waals surface area contributed by atoms with Gasteiger partial charge < -0.3 is 10.2 Å². The molecule has 2 aromatic heterocycles. The molecule has 0 radical (unpaired) electrons. The van der Waals surface area contributed by atoms with Crippen molar-refractivity contribution in [3.63, 3.8) is 0 Å². The maximum Gasteiger partial charge on any atom is 0.418 e. The van der Waals surface area contributed by atoms with Gasteiger partial charge >= 0.3 is 5.76 Å². The summed E-state index contributed by atoms with van der Waals surface area (Å²) in [5.74, 6) is -0.496. The average Bonchev–Trinajstić information content (AvgIpc) is 2.80.